The number of aryl methyl sites for hydroxylation is 1. The fraction of sp³-hybridized carbons (Fsp3) is 0.632. The summed E-state index contributed by atoms with van der Waals surface area (Å²) < 4.78 is 5.99. The van der Waals surface area contributed by atoms with Crippen LogP contribution in [0, 0.1) is 12.8 Å². The van der Waals surface area contributed by atoms with Gasteiger partial charge in [0.05, 0.1) is 18.8 Å². The summed E-state index contributed by atoms with van der Waals surface area (Å²) in [4.78, 5) is 17.5. The van der Waals surface area contributed by atoms with Crippen molar-refractivity contribution in [3.05, 3.63) is 35.4 Å². The van der Waals surface area contributed by atoms with Crippen molar-refractivity contribution in [2.24, 2.45) is 5.92 Å². The van der Waals surface area contributed by atoms with Crippen LogP contribution in [0.5, 0.6) is 0 Å². The largest absolute Gasteiger partial charge is 0.375 e. The summed E-state index contributed by atoms with van der Waals surface area (Å²) in [6, 6.07) is 8.29. The first kappa shape index (κ1) is 15.2. The molecule has 1 aromatic rings. The number of amides is 1. The van der Waals surface area contributed by atoms with Crippen molar-refractivity contribution in [1.82, 2.24) is 9.80 Å². The predicted octanol–water partition coefficient (Wildman–Crippen LogP) is 2.32. The third-order valence-corrected chi connectivity index (χ3v) is 5.55. The minimum absolute atomic E-state index is 0.179. The molecule has 2 atom stereocenters. The number of benzene rings is 1. The lowest BCUT2D eigenvalue weighted by Gasteiger charge is -2.47. The zero-order valence-electron chi connectivity index (χ0n) is 13.9. The smallest absolute Gasteiger partial charge is 0.254 e. The maximum Gasteiger partial charge on any atom is 0.254 e. The minimum atomic E-state index is 0.179. The molecule has 2 heterocycles. The first-order valence-electron chi connectivity index (χ1n) is 8.93. The number of rotatable bonds is 3. The third kappa shape index (κ3) is 3.15. The van der Waals surface area contributed by atoms with E-state index in [2.05, 4.69) is 4.90 Å². The molecule has 1 aliphatic carbocycles. The van der Waals surface area contributed by atoms with Crippen LogP contribution in [-0.4, -0.2) is 60.6 Å². The summed E-state index contributed by atoms with van der Waals surface area (Å²) in [5, 5.41) is 0. The summed E-state index contributed by atoms with van der Waals surface area (Å²) in [6.45, 7) is 6.69. The Balaban J connectivity index is 1.48. The maximum absolute atomic E-state index is 12.9. The van der Waals surface area contributed by atoms with Crippen LogP contribution in [-0.2, 0) is 4.74 Å². The molecule has 0 radical (unpaired) electrons. The Hall–Kier alpha value is -1.39. The van der Waals surface area contributed by atoms with Crippen LogP contribution in [0.3, 0.4) is 0 Å². The topological polar surface area (TPSA) is 32.8 Å². The second-order valence-corrected chi connectivity index (χ2v) is 7.27. The molecule has 1 aromatic carbocycles. The van der Waals surface area contributed by atoms with Gasteiger partial charge in [0.15, 0.2) is 0 Å². The molecule has 0 bridgehead atoms. The van der Waals surface area contributed by atoms with E-state index in [-0.39, 0.29) is 5.91 Å². The molecule has 1 saturated carbocycles. The van der Waals surface area contributed by atoms with E-state index in [0.717, 1.165) is 49.7 Å². The molecular weight excluding hydrogens is 288 g/mol. The number of carbonyl (C=O) groups is 1. The lowest BCUT2D eigenvalue weighted by atomic mass is 9.97. The molecule has 0 spiro atoms. The SMILES string of the molecule is Cc1ccccc1C(=O)N1CC[C@H]2OCCN(CC3CC3)[C@@H]2C1. The summed E-state index contributed by atoms with van der Waals surface area (Å²) >= 11 is 0. The van der Waals surface area contributed by atoms with E-state index < -0.39 is 0 Å². The van der Waals surface area contributed by atoms with Gasteiger partial charge in [0.2, 0.25) is 0 Å². The fourth-order valence-corrected chi connectivity index (χ4v) is 3.97. The highest BCUT2D eigenvalue weighted by atomic mass is 16.5. The van der Waals surface area contributed by atoms with Gasteiger partial charge < -0.3 is 9.64 Å². The normalized spacial score (nSPS) is 28.5. The van der Waals surface area contributed by atoms with Crippen molar-refractivity contribution < 1.29 is 9.53 Å². The molecule has 3 aliphatic rings. The van der Waals surface area contributed by atoms with Gasteiger partial charge in [0.25, 0.3) is 5.91 Å². The minimum Gasteiger partial charge on any atom is -0.375 e. The lowest BCUT2D eigenvalue weighted by molar-refractivity contribution is -0.0989. The molecule has 4 rings (SSSR count). The Labute approximate surface area is 138 Å². The van der Waals surface area contributed by atoms with Crippen molar-refractivity contribution in [3.63, 3.8) is 0 Å². The first-order valence-corrected chi connectivity index (χ1v) is 8.93. The van der Waals surface area contributed by atoms with Crippen LogP contribution in [0.1, 0.15) is 35.2 Å². The van der Waals surface area contributed by atoms with Crippen LogP contribution in [0.2, 0.25) is 0 Å². The van der Waals surface area contributed by atoms with Gasteiger partial charge >= 0.3 is 0 Å². The van der Waals surface area contributed by atoms with Crippen molar-refractivity contribution in [2.75, 3.05) is 32.8 Å². The average Bonchev–Trinajstić information content (AvgIpc) is 3.39. The lowest BCUT2D eigenvalue weighted by Crippen LogP contribution is -2.61. The fourth-order valence-electron chi connectivity index (χ4n) is 3.97. The van der Waals surface area contributed by atoms with Crippen molar-refractivity contribution in [1.29, 1.82) is 0 Å². The first-order chi connectivity index (χ1) is 11.2. The van der Waals surface area contributed by atoms with Crippen LogP contribution in [0.25, 0.3) is 0 Å². The number of nitrogens with zero attached hydrogens (tertiary/aromatic N) is 2. The van der Waals surface area contributed by atoms with Crippen LogP contribution in [0.4, 0.5) is 0 Å². The molecule has 2 aliphatic heterocycles. The monoisotopic (exact) mass is 314 g/mol. The quantitative estimate of drug-likeness (QED) is 0.858. The van der Waals surface area contributed by atoms with Gasteiger partial charge in [-0.15, -0.1) is 0 Å². The van der Waals surface area contributed by atoms with Gasteiger partial charge in [-0.1, -0.05) is 18.2 Å². The zero-order valence-corrected chi connectivity index (χ0v) is 13.9. The second-order valence-electron chi connectivity index (χ2n) is 7.27. The van der Waals surface area contributed by atoms with Gasteiger partial charge in [0, 0.05) is 31.7 Å². The molecule has 2 saturated heterocycles. The molecule has 4 heteroatoms. The van der Waals surface area contributed by atoms with Gasteiger partial charge in [-0.25, -0.2) is 0 Å². The molecule has 0 aromatic heterocycles. The number of likely N-dealkylation sites (tertiary alicyclic amines) is 1. The number of morpholine rings is 1. The summed E-state index contributed by atoms with van der Waals surface area (Å²) in [5.41, 5.74) is 1.91. The molecule has 4 nitrogen and oxygen atoms in total. The Bertz CT molecular complexity index is 584. The highest BCUT2D eigenvalue weighted by molar-refractivity contribution is 5.95. The number of hydrogen-bond acceptors (Lipinski definition) is 3. The Kier molecular flexibility index (Phi) is 4.12. The van der Waals surface area contributed by atoms with Gasteiger partial charge in [-0.05, 0) is 43.7 Å². The number of piperidine rings is 1. The van der Waals surface area contributed by atoms with Crippen LogP contribution in [0.15, 0.2) is 24.3 Å². The molecule has 124 valence electrons. The summed E-state index contributed by atoms with van der Waals surface area (Å²) in [6.07, 6.45) is 4.02. The van der Waals surface area contributed by atoms with Crippen molar-refractivity contribution in [3.8, 4) is 0 Å². The van der Waals surface area contributed by atoms with Gasteiger partial charge in [-0.2, -0.15) is 0 Å². The summed E-state index contributed by atoms with van der Waals surface area (Å²) in [7, 11) is 0. The van der Waals surface area contributed by atoms with Crippen molar-refractivity contribution in [2.45, 2.75) is 38.3 Å². The molecule has 1 amide bonds. The van der Waals surface area contributed by atoms with E-state index in [1.54, 1.807) is 0 Å². The number of hydrogen-bond donors (Lipinski definition) is 0. The van der Waals surface area contributed by atoms with Crippen LogP contribution >= 0.6 is 0 Å². The van der Waals surface area contributed by atoms with E-state index in [9.17, 15) is 4.79 Å². The summed E-state index contributed by atoms with van der Waals surface area (Å²) in [5.74, 6) is 1.06. The van der Waals surface area contributed by atoms with Gasteiger partial charge in [0.1, 0.15) is 0 Å². The predicted molar refractivity (Wildman–Crippen MR) is 89.5 cm³/mol. The maximum atomic E-state index is 12.9. The Morgan fingerprint density at radius 1 is 1.22 bits per heavy atom. The number of ether oxygens (including phenoxy) is 1. The zero-order chi connectivity index (χ0) is 15.8. The second kappa shape index (κ2) is 6.25. The van der Waals surface area contributed by atoms with E-state index in [4.69, 9.17) is 4.74 Å². The molecule has 3 fully saturated rings. The number of fused-ring (bicyclic) bond motifs is 1. The van der Waals surface area contributed by atoms with E-state index in [1.807, 2.05) is 36.1 Å². The Morgan fingerprint density at radius 3 is 2.83 bits per heavy atom. The molecule has 0 N–H and O–H groups in total. The van der Waals surface area contributed by atoms with E-state index in [0.29, 0.717) is 12.1 Å². The molecule has 0 unspecified atom stereocenters. The number of carbonyl (C=O) groups excluding carboxylic acids is 1. The van der Waals surface area contributed by atoms with E-state index >= 15 is 0 Å². The van der Waals surface area contributed by atoms with E-state index in [1.165, 1.54) is 19.4 Å². The molecule has 23 heavy (non-hydrogen) atoms. The molecular formula is C19H26N2O2. The van der Waals surface area contributed by atoms with Crippen molar-refractivity contribution >= 4 is 5.91 Å². The Morgan fingerprint density at radius 2 is 2.04 bits per heavy atom. The highest BCUT2D eigenvalue weighted by Gasteiger charge is 2.40. The van der Waals surface area contributed by atoms with Crippen LogP contribution < -0.4 is 0 Å². The average molecular weight is 314 g/mol. The van der Waals surface area contributed by atoms with Gasteiger partial charge in [-0.3, -0.25) is 9.69 Å². The standard InChI is InChI=1S/C19H26N2O2/c1-14-4-2-3-5-16(14)19(22)21-9-8-18-17(13-21)20(10-11-23-18)12-15-6-7-15/h2-5,15,17-18H,6-13H2,1H3/t17-,18-/m1/s1. The highest BCUT2D eigenvalue weighted by Crippen LogP contribution is 2.33. The third-order valence-electron chi connectivity index (χ3n) is 5.55.